The van der Waals surface area contributed by atoms with Gasteiger partial charge < -0.3 is 11.1 Å². The number of anilines is 1. The highest BCUT2D eigenvalue weighted by Crippen LogP contribution is 2.42. The van der Waals surface area contributed by atoms with Gasteiger partial charge in [0.2, 0.25) is 11.9 Å². The topological polar surface area (TPSA) is 80.9 Å². The number of hydrogen-bond acceptors (Lipinski definition) is 4. The van der Waals surface area contributed by atoms with E-state index in [2.05, 4.69) is 15.3 Å². The van der Waals surface area contributed by atoms with Crippen LogP contribution in [0.3, 0.4) is 0 Å². The molecule has 1 fully saturated rings. The summed E-state index contributed by atoms with van der Waals surface area (Å²) in [7, 11) is 0. The van der Waals surface area contributed by atoms with Crippen molar-refractivity contribution in [2.45, 2.75) is 37.8 Å². The van der Waals surface area contributed by atoms with Crippen LogP contribution in [0.15, 0.2) is 30.6 Å². The van der Waals surface area contributed by atoms with Crippen LogP contribution in [0.2, 0.25) is 5.02 Å². The van der Waals surface area contributed by atoms with Crippen LogP contribution in [0.5, 0.6) is 0 Å². The zero-order valence-corrected chi connectivity index (χ0v) is 15.7. The van der Waals surface area contributed by atoms with Crippen molar-refractivity contribution >= 4 is 23.5 Å². The summed E-state index contributed by atoms with van der Waals surface area (Å²) in [6.07, 6.45) is 1.74. The van der Waals surface area contributed by atoms with Gasteiger partial charge in [0.05, 0.1) is 16.1 Å². The molecular weight excluding hydrogens is 393 g/mol. The molecule has 2 aromatic rings. The highest BCUT2D eigenvalue weighted by Gasteiger charge is 2.34. The first kappa shape index (κ1) is 20.4. The predicted octanol–water partition coefficient (Wildman–Crippen LogP) is 4.63. The number of nitrogens with two attached hydrogens (primary N) is 1. The second-order valence-corrected chi connectivity index (χ2v) is 7.34. The summed E-state index contributed by atoms with van der Waals surface area (Å²) in [5.41, 5.74) is 4.40. The Hall–Kier alpha value is -2.35. The molecule has 28 heavy (non-hydrogen) atoms. The maximum atomic E-state index is 13.2. The molecule has 0 unspecified atom stereocenters. The quantitative estimate of drug-likeness (QED) is 0.750. The lowest BCUT2D eigenvalue weighted by Crippen LogP contribution is -2.22. The zero-order valence-electron chi connectivity index (χ0n) is 15.0. The normalized spacial score (nSPS) is 20.0. The fourth-order valence-corrected chi connectivity index (χ4v) is 3.95. The van der Waals surface area contributed by atoms with Crippen molar-refractivity contribution in [3.63, 3.8) is 0 Å². The Morgan fingerprint density at radius 3 is 2.39 bits per heavy atom. The molecule has 9 heteroatoms. The zero-order chi connectivity index (χ0) is 20.3. The standard InChI is InChI=1S/C19H20ClF3N4O/c20-16-14(8-13(19(21,22)23)9-15(16)17(24)28)12-4-2-11(3-5-12)10-27-18-25-6-1-7-26-18/h1,6-9,11-12H,2-5,10H2,(H2,24,28)(H,25,26,27). The van der Waals surface area contributed by atoms with Crippen molar-refractivity contribution in [2.75, 3.05) is 11.9 Å². The van der Waals surface area contributed by atoms with E-state index in [1.807, 2.05) is 0 Å². The number of halogens is 4. The van der Waals surface area contributed by atoms with Crippen molar-refractivity contribution in [1.82, 2.24) is 9.97 Å². The fourth-order valence-electron chi connectivity index (χ4n) is 3.59. The lowest BCUT2D eigenvalue weighted by Gasteiger charge is -2.30. The molecule has 0 spiro atoms. The number of nitrogens with zero attached hydrogens (tertiary/aromatic N) is 2. The van der Waals surface area contributed by atoms with Gasteiger partial charge in [-0.15, -0.1) is 0 Å². The van der Waals surface area contributed by atoms with E-state index in [1.54, 1.807) is 18.5 Å². The monoisotopic (exact) mass is 412 g/mol. The number of carbonyl (C=O) groups excluding carboxylic acids is 1. The van der Waals surface area contributed by atoms with Gasteiger partial charge in [-0.2, -0.15) is 13.2 Å². The third-order valence-corrected chi connectivity index (χ3v) is 5.52. The van der Waals surface area contributed by atoms with Crippen LogP contribution in [0.1, 0.15) is 53.1 Å². The van der Waals surface area contributed by atoms with Crippen LogP contribution < -0.4 is 11.1 Å². The summed E-state index contributed by atoms with van der Waals surface area (Å²) >= 11 is 6.24. The number of aromatic nitrogens is 2. The molecule has 1 aliphatic rings. The molecule has 0 bridgehead atoms. The van der Waals surface area contributed by atoms with Gasteiger partial charge in [-0.1, -0.05) is 11.6 Å². The van der Waals surface area contributed by atoms with Crippen LogP contribution in [0, 0.1) is 5.92 Å². The van der Waals surface area contributed by atoms with Crippen molar-refractivity contribution < 1.29 is 18.0 Å². The van der Waals surface area contributed by atoms with E-state index in [4.69, 9.17) is 17.3 Å². The molecule has 5 nitrogen and oxygen atoms in total. The van der Waals surface area contributed by atoms with Gasteiger partial charge in [0, 0.05) is 18.9 Å². The smallest absolute Gasteiger partial charge is 0.366 e. The minimum Gasteiger partial charge on any atom is -0.366 e. The van der Waals surface area contributed by atoms with Crippen LogP contribution >= 0.6 is 11.6 Å². The third kappa shape index (κ3) is 4.73. The van der Waals surface area contributed by atoms with Crippen molar-refractivity contribution in [1.29, 1.82) is 0 Å². The summed E-state index contributed by atoms with van der Waals surface area (Å²) in [6.45, 7) is 0.694. The average Bonchev–Trinajstić information content (AvgIpc) is 2.67. The molecule has 3 N–H and O–H groups in total. The molecule has 1 amide bonds. The fraction of sp³-hybridized carbons (Fsp3) is 0.421. The molecule has 1 saturated carbocycles. The lowest BCUT2D eigenvalue weighted by atomic mass is 9.78. The van der Waals surface area contributed by atoms with Gasteiger partial charge in [-0.25, -0.2) is 9.97 Å². The number of benzene rings is 1. The SMILES string of the molecule is NC(=O)c1cc(C(F)(F)F)cc(C2CCC(CNc3ncccn3)CC2)c1Cl. The molecule has 1 heterocycles. The van der Waals surface area contributed by atoms with Crippen LogP contribution in [-0.2, 0) is 6.18 Å². The Bertz CT molecular complexity index is 837. The molecule has 0 radical (unpaired) electrons. The number of nitrogens with one attached hydrogen (secondary N) is 1. The first-order valence-corrected chi connectivity index (χ1v) is 9.35. The molecule has 150 valence electrons. The molecule has 0 atom stereocenters. The number of rotatable bonds is 5. The van der Waals surface area contributed by atoms with Crippen LogP contribution in [0.4, 0.5) is 19.1 Å². The summed E-state index contributed by atoms with van der Waals surface area (Å²) < 4.78 is 39.7. The Balaban J connectivity index is 1.71. The number of primary amides is 1. The third-order valence-electron chi connectivity index (χ3n) is 5.09. The van der Waals surface area contributed by atoms with E-state index < -0.39 is 17.6 Å². The molecule has 3 rings (SSSR count). The average molecular weight is 413 g/mol. The molecule has 1 aromatic carbocycles. The minimum absolute atomic E-state index is 0.0276. The molecular formula is C19H20ClF3N4O. The van der Waals surface area contributed by atoms with Gasteiger partial charge in [0.15, 0.2) is 0 Å². The summed E-state index contributed by atoms with van der Waals surface area (Å²) in [5.74, 6) is -0.188. The van der Waals surface area contributed by atoms with E-state index in [1.165, 1.54) is 0 Å². The van der Waals surface area contributed by atoms with Gasteiger partial charge in [-0.05, 0) is 61.3 Å². The van der Waals surface area contributed by atoms with Crippen molar-refractivity contribution in [3.05, 3.63) is 52.3 Å². The van der Waals surface area contributed by atoms with Crippen molar-refractivity contribution in [3.8, 4) is 0 Å². The lowest BCUT2D eigenvalue weighted by molar-refractivity contribution is -0.137. The van der Waals surface area contributed by atoms with Crippen molar-refractivity contribution in [2.24, 2.45) is 11.7 Å². The molecule has 1 aromatic heterocycles. The minimum atomic E-state index is -4.57. The highest BCUT2D eigenvalue weighted by atomic mass is 35.5. The second-order valence-electron chi connectivity index (χ2n) is 6.96. The Kier molecular flexibility index (Phi) is 6.07. The van der Waals surface area contributed by atoms with E-state index in [-0.39, 0.29) is 16.5 Å². The van der Waals surface area contributed by atoms with E-state index >= 15 is 0 Å². The molecule has 0 saturated heterocycles. The van der Waals surface area contributed by atoms with Crippen LogP contribution in [-0.4, -0.2) is 22.4 Å². The number of carbonyl (C=O) groups is 1. The summed E-state index contributed by atoms with van der Waals surface area (Å²) in [6, 6.07) is 3.51. The van der Waals surface area contributed by atoms with Gasteiger partial charge in [0.25, 0.3) is 0 Å². The van der Waals surface area contributed by atoms with E-state index in [9.17, 15) is 18.0 Å². The number of amides is 1. The van der Waals surface area contributed by atoms with Gasteiger partial charge >= 0.3 is 6.18 Å². The number of hydrogen-bond donors (Lipinski definition) is 2. The highest BCUT2D eigenvalue weighted by molar-refractivity contribution is 6.34. The number of alkyl halides is 3. The van der Waals surface area contributed by atoms with Gasteiger partial charge in [0.1, 0.15) is 0 Å². The maximum absolute atomic E-state index is 13.2. The second kappa shape index (κ2) is 8.34. The Morgan fingerprint density at radius 1 is 1.18 bits per heavy atom. The van der Waals surface area contributed by atoms with Crippen LogP contribution in [0.25, 0.3) is 0 Å². The van der Waals surface area contributed by atoms with Gasteiger partial charge in [-0.3, -0.25) is 4.79 Å². The molecule has 0 aliphatic heterocycles. The Morgan fingerprint density at radius 2 is 1.82 bits per heavy atom. The largest absolute Gasteiger partial charge is 0.416 e. The van der Waals surface area contributed by atoms with E-state index in [0.717, 1.165) is 25.0 Å². The molecule has 1 aliphatic carbocycles. The predicted molar refractivity (Wildman–Crippen MR) is 100 cm³/mol. The first-order valence-electron chi connectivity index (χ1n) is 8.97. The first-order chi connectivity index (χ1) is 13.3. The maximum Gasteiger partial charge on any atom is 0.416 e. The summed E-state index contributed by atoms with van der Waals surface area (Å²) in [5, 5.41) is 3.20. The summed E-state index contributed by atoms with van der Waals surface area (Å²) in [4.78, 5) is 19.8. The Labute approximate surface area is 165 Å². The van der Waals surface area contributed by atoms with E-state index in [0.29, 0.717) is 36.8 Å².